The van der Waals surface area contributed by atoms with Crippen molar-refractivity contribution in [2.75, 3.05) is 6.54 Å². The summed E-state index contributed by atoms with van der Waals surface area (Å²) in [4.78, 5) is 20.5. The van der Waals surface area contributed by atoms with Crippen LogP contribution in [0, 0.1) is 12.8 Å². The minimum Gasteiger partial charge on any atom is -0.356 e. The monoisotopic (exact) mass is 284 g/mol. The van der Waals surface area contributed by atoms with Gasteiger partial charge in [-0.15, -0.1) is 0 Å². The van der Waals surface area contributed by atoms with Crippen LogP contribution in [0.2, 0.25) is 0 Å². The molecule has 5 heteroatoms. The van der Waals surface area contributed by atoms with Crippen LogP contribution in [0.4, 0.5) is 0 Å². The average molecular weight is 284 g/mol. The van der Waals surface area contributed by atoms with Gasteiger partial charge in [-0.05, 0) is 30.9 Å². The first-order valence-corrected chi connectivity index (χ1v) is 7.39. The summed E-state index contributed by atoms with van der Waals surface area (Å²) in [7, 11) is 0. The molecule has 0 fully saturated rings. The fourth-order valence-corrected chi connectivity index (χ4v) is 2.70. The number of amides is 1. The van der Waals surface area contributed by atoms with Crippen molar-refractivity contribution < 1.29 is 4.79 Å². The molecule has 1 unspecified atom stereocenters. The van der Waals surface area contributed by atoms with Gasteiger partial charge in [0.05, 0.1) is 6.42 Å². The zero-order chi connectivity index (χ0) is 14.7. The normalized spacial score (nSPS) is 17.3. The predicted molar refractivity (Wildman–Crippen MR) is 79.7 cm³/mol. The van der Waals surface area contributed by atoms with Gasteiger partial charge < -0.3 is 9.88 Å². The number of nitrogens with zero attached hydrogens (tertiary/aromatic N) is 3. The Bertz CT molecular complexity index is 617. The van der Waals surface area contributed by atoms with Crippen molar-refractivity contribution in [1.29, 1.82) is 0 Å². The molecule has 3 heterocycles. The molecule has 2 aromatic rings. The number of nitrogens with one attached hydrogen (secondary N) is 1. The maximum absolute atomic E-state index is 12.0. The molecule has 3 rings (SSSR count). The number of rotatable bonds is 4. The van der Waals surface area contributed by atoms with E-state index in [-0.39, 0.29) is 5.91 Å². The molecule has 0 aromatic carbocycles. The number of hydrogen-bond donors (Lipinski definition) is 1. The SMILES string of the molecule is Cc1ccc(CC(=O)NCC2CCn3ccnc3C2)cn1. The van der Waals surface area contributed by atoms with Gasteiger partial charge in [-0.1, -0.05) is 6.07 Å². The molecule has 21 heavy (non-hydrogen) atoms. The van der Waals surface area contributed by atoms with E-state index in [1.165, 1.54) is 0 Å². The lowest BCUT2D eigenvalue weighted by Crippen LogP contribution is -2.34. The highest BCUT2D eigenvalue weighted by molar-refractivity contribution is 5.78. The van der Waals surface area contributed by atoms with Gasteiger partial charge in [0.2, 0.25) is 5.91 Å². The van der Waals surface area contributed by atoms with E-state index in [9.17, 15) is 4.79 Å². The summed E-state index contributed by atoms with van der Waals surface area (Å²) in [5.74, 6) is 1.68. The zero-order valence-corrected chi connectivity index (χ0v) is 12.2. The standard InChI is InChI=1S/C16H20N4O/c1-12-2-3-13(10-18-12)9-16(21)19-11-14-4-6-20-7-5-17-15(20)8-14/h2-3,5,7,10,14H,4,6,8-9,11H2,1H3,(H,19,21). The predicted octanol–water partition coefficient (Wildman–Crippen LogP) is 1.51. The molecule has 0 aliphatic carbocycles. The molecule has 0 spiro atoms. The molecule has 0 saturated heterocycles. The van der Waals surface area contributed by atoms with Crippen molar-refractivity contribution >= 4 is 5.91 Å². The van der Waals surface area contributed by atoms with Crippen molar-refractivity contribution in [2.24, 2.45) is 5.92 Å². The Morgan fingerprint density at radius 1 is 1.43 bits per heavy atom. The Hall–Kier alpha value is -2.17. The van der Waals surface area contributed by atoms with E-state index < -0.39 is 0 Å². The summed E-state index contributed by atoms with van der Waals surface area (Å²) >= 11 is 0. The Morgan fingerprint density at radius 3 is 3.14 bits per heavy atom. The highest BCUT2D eigenvalue weighted by atomic mass is 16.1. The molecule has 1 amide bonds. The second-order valence-electron chi connectivity index (χ2n) is 5.68. The summed E-state index contributed by atoms with van der Waals surface area (Å²) < 4.78 is 2.19. The number of carbonyl (C=O) groups excluding carboxylic acids is 1. The largest absolute Gasteiger partial charge is 0.356 e. The van der Waals surface area contributed by atoms with Crippen molar-refractivity contribution in [2.45, 2.75) is 32.7 Å². The highest BCUT2D eigenvalue weighted by Gasteiger charge is 2.19. The van der Waals surface area contributed by atoms with Crippen LogP contribution in [0.25, 0.3) is 0 Å². The van der Waals surface area contributed by atoms with Gasteiger partial charge >= 0.3 is 0 Å². The molecule has 1 N–H and O–H groups in total. The van der Waals surface area contributed by atoms with E-state index in [0.29, 0.717) is 12.3 Å². The molecule has 0 radical (unpaired) electrons. The summed E-state index contributed by atoms with van der Waals surface area (Å²) in [6.45, 7) is 3.67. The Morgan fingerprint density at radius 2 is 2.33 bits per heavy atom. The van der Waals surface area contributed by atoms with E-state index in [0.717, 1.165) is 43.0 Å². The van der Waals surface area contributed by atoms with Gasteiger partial charge in [0.15, 0.2) is 0 Å². The first-order valence-electron chi connectivity index (χ1n) is 7.39. The fraction of sp³-hybridized carbons (Fsp3) is 0.438. The quantitative estimate of drug-likeness (QED) is 0.925. The van der Waals surface area contributed by atoms with Crippen LogP contribution in [0.5, 0.6) is 0 Å². The number of fused-ring (bicyclic) bond motifs is 1. The molecule has 5 nitrogen and oxygen atoms in total. The van der Waals surface area contributed by atoms with E-state index in [1.54, 1.807) is 6.20 Å². The van der Waals surface area contributed by atoms with Gasteiger partial charge in [0, 0.05) is 43.8 Å². The minimum atomic E-state index is 0.0644. The van der Waals surface area contributed by atoms with Crippen LogP contribution < -0.4 is 5.32 Å². The lowest BCUT2D eigenvalue weighted by Gasteiger charge is -2.23. The Balaban J connectivity index is 1.47. The second kappa shape index (κ2) is 6.08. The molecule has 1 aliphatic heterocycles. The first kappa shape index (κ1) is 13.8. The van der Waals surface area contributed by atoms with Crippen LogP contribution in [-0.2, 0) is 24.2 Å². The van der Waals surface area contributed by atoms with Gasteiger partial charge in [0.25, 0.3) is 0 Å². The number of aromatic nitrogens is 3. The van der Waals surface area contributed by atoms with Gasteiger partial charge in [-0.2, -0.15) is 0 Å². The summed E-state index contributed by atoms with van der Waals surface area (Å²) in [6, 6.07) is 3.89. The van der Waals surface area contributed by atoms with Crippen LogP contribution in [0.1, 0.15) is 23.5 Å². The molecule has 2 aromatic heterocycles. The average Bonchev–Trinajstić information content (AvgIpc) is 2.95. The summed E-state index contributed by atoms with van der Waals surface area (Å²) in [5, 5.41) is 3.03. The molecule has 110 valence electrons. The van der Waals surface area contributed by atoms with Crippen LogP contribution in [-0.4, -0.2) is 27.0 Å². The molecular weight excluding hydrogens is 264 g/mol. The number of carbonyl (C=O) groups is 1. The molecular formula is C16H20N4O. The van der Waals surface area contributed by atoms with E-state index >= 15 is 0 Å². The van der Waals surface area contributed by atoms with Gasteiger partial charge in [-0.3, -0.25) is 9.78 Å². The van der Waals surface area contributed by atoms with Gasteiger partial charge in [-0.25, -0.2) is 4.98 Å². The minimum absolute atomic E-state index is 0.0644. The summed E-state index contributed by atoms with van der Waals surface area (Å²) in [6.07, 6.45) is 8.07. The summed E-state index contributed by atoms with van der Waals surface area (Å²) in [5.41, 5.74) is 1.93. The van der Waals surface area contributed by atoms with Crippen molar-refractivity contribution in [3.63, 3.8) is 0 Å². The number of hydrogen-bond acceptors (Lipinski definition) is 3. The topological polar surface area (TPSA) is 59.8 Å². The lowest BCUT2D eigenvalue weighted by molar-refractivity contribution is -0.120. The van der Waals surface area contributed by atoms with E-state index in [1.807, 2.05) is 31.5 Å². The Kier molecular flexibility index (Phi) is 3.99. The van der Waals surface area contributed by atoms with Crippen molar-refractivity contribution in [3.05, 3.63) is 47.8 Å². The fourth-order valence-electron chi connectivity index (χ4n) is 2.70. The molecule has 1 atom stereocenters. The third-order valence-corrected chi connectivity index (χ3v) is 3.98. The first-order chi connectivity index (χ1) is 10.2. The third-order valence-electron chi connectivity index (χ3n) is 3.98. The number of aryl methyl sites for hydroxylation is 2. The number of pyridine rings is 1. The smallest absolute Gasteiger partial charge is 0.224 e. The second-order valence-corrected chi connectivity index (χ2v) is 5.68. The Labute approximate surface area is 124 Å². The number of imidazole rings is 1. The molecule has 0 saturated carbocycles. The lowest BCUT2D eigenvalue weighted by atomic mass is 9.98. The van der Waals surface area contributed by atoms with Crippen LogP contribution >= 0.6 is 0 Å². The third kappa shape index (κ3) is 3.48. The van der Waals surface area contributed by atoms with Crippen molar-refractivity contribution in [3.8, 4) is 0 Å². The molecule has 1 aliphatic rings. The maximum Gasteiger partial charge on any atom is 0.224 e. The van der Waals surface area contributed by atoms with E-state index in [4.69, 9.17) is 0 Å². The maximum atomic E-state index is 12.0. The van der Waals surface area contributed by atoms with E-state index in [2.05, 4.69) is 19.9 Å². The van der Waals surface area contributed by atoms with Gasteiger partial charge in [0.1, 0.15) is 5.82 Å². The van der Waals surface area contributed by atoms with Crippen molar-refractivity contribution in [1.82, 2.24) is 19.9 Å². The van der Waals surface area contributed by atoms with Crippen LogP contribution in [0.15, 0.2) is 30.7 Å². The zero-order valence-electron chi connectivity index (χ0n) is 12.2. The van der Waals surface area contributed by atoms with Crippen LogP contribution in [0.3, 0.4) is 0 Å². The highest BCUT2D eigenvalue weighted by Crippen LogP contribution is 2.18. The molecule has 0 bridgehead atoms.